The normalized spacial score (nSPS) is 11.1. The largest absolute Gasteiger partial charge is 0.468 e. The van der Waals surface area contributed by atoms with Gasteiger partial charge >= 0.3 is 11.9 Å². The topological polar surface area (TPSA) is 133 Å². The Morgan fingerprint density at radius 3 is 2.04 bits per heavy atom. The number of hydrogen-bond donors (Lipinski definition) is 0. The van der Waals surface area contributed by atoms with Crippen LogP contribution < -0.4 is 0 Å². The van der Waals surface area contributed by atoms with Gasteiger partial charge in [-0.05, 0) is 6.07 Å². The number of hydrogen-bond acceptors (Lipinski definition) is 8. The molecule has 0 atom stereocenters. The van der Waals surface area contributed by atoms with Gasteiger partial charge in [-0.2, -0.15) is 4.31 Å². The lowest BCUT2D eigenvalue weighted by atomic mass is 10.3. The van der Waals surface area contributed by atoms with Crippen molar-refractivity contribution in [3.8, 4) is 0 Å². The Morgan fingerprint density at radius 1 is 1.13 bits per heavy atom. The van der Waals surface area contributed by atoms with Gasteiger partial charge in [0.15, 0.2) is 4.90 Å². The molecule has 0 aliphatic heterocycles. The Morgan fingerprint density at radius 2 is 1.61 bits per heavy atom. The molecule has 1 aromatic carbocycles. The quantitative estimate of drug-likeness (QED) is 0.380. The zero-order chi connectivity index (χ0) is 17.6. The van der Waals surface area contributed by atoms with E-state index in [1.807, 2.05) is 0 Å². The fourth-order valence-electron chi connectivity index (χ4n) is 1.61. The number of sulfonamides is 1. The van der Waals surface area contributed by atoms with Crippen molar-refractivity contribution < 1.29 is 32.4 Å². The number of ether oxygens (including phenoxy) is 2. The van der Waals surface area contributed by atoms with Crippen LogP contribution in [-0.2, 0) is 29.1 Å². The van der Waals surface area contributed by atoms with Crippen molar-refractivity contribution in [1.82, 2.24) is 4.31 Å². The molecule has 0 aromatic heterocycles. The number of rotatable bonds is 7. The molecule has 0 aliphatic carbocycles. The molecule has 0 N–H and O–H groups in total. The van der Waals surface area contributed by atoms with E-state index < -0.39 is 50.6 Å². The van der Waals surface area contributed by atoms with Gasteiger partial charge in [-0.25, -0.2) is 8.42 Å². The smallest absolute Gasteiger partial charge is 0.321 e. The second kappa shape index (κ2) is 7.65. The molecule has 23 heavy (non-hydrogen) atoms. The van der Waals surface area contributed by atoms with Crippen molar-refractivity contribution in [2.75, 3.05) is 27.3 Å². The first-order valence-corrected chi connectivity index (χ1v) is 7.55. The number of nitro benzene ring substituents is 1. The van der Waals surface area contributed by atoms with Gasteiger partial charge in [-0.3, -0.25) is 19.7 Å². The Balaban J connectivity index is 3.35. The van der Waals surface area contributed by atoms with Crippen molar-refractivity contribution in [3.05, 3.63) is 34.4 Å². The Hall–Kier alpha value is -2.53. The Bertz CT molecular complexity index is 698. The van der Waals surface area contributed by atoms with Gasteiger partial charge in [0.2, 0.25) is 0 Å². The second-order valence-electron chi connectivity index (χ2n) is 4.15. The zero-order valence-electron chi connectivity index (χ0n) is 12.3. The van der Waals surface area contributed by atoms with E-state index in [0.29, 0.717) is 4.31 Å². The predicted octanol–water partition coefficient (Wildman–Crippen LogP) is -0.0685. The summed E-state index contributed by atoms with van der Waals surface area (Å²) in [5.74, 6) is -1.87. The molecule has 10 nitrogen and oxygen atoms in total. The van der Waals surface area contributed by atoms with Crippen LogP contribution in [0.3, 0.4) is 0 Å². The van der Waals surface area contributed by atoms with Gasteiger partial charge in [-0.15, -0.1) is 0 Å². The van der Waals surface area contributed by atoms with E-state index in [0.717, 1.165) is 26.4 Å². The number of nitrogens with zero attached hydrogens (tertiary/aromatic N) is 2. The van der Waals surface area contributed by atoms with Crippen LogP contribution in [0.25, 0.3) is 0 Å². The van der Waals surface area contributed by atoms with Crippen molar-refractivity contribution >= 4 is 27.6 Å². The Kier molecular flexibility index (Phi) is 6.16. The molecular formula is C12H14N2O8S. The van der Waals surface area contributed by atoms with Gasteiger partial charge in [0.05, 0.1) is 19.1 Å². The summed E-state index contributed by atoms with van der Waals surface area (Å²) in [7, 11) is -2.42. The molecule has 126 valence electrons. The monoisotopic (exact) mass is 346 g/mol. The predicted molar refractivity (Wildman–Crippen MR) is 75.9 cm³/mol. The van der Waals surface area contributed by atoms with Crippen LogP contribution >= 0.6 is 0 Å². The highest BCUT2D eigenvalue weighted by atomic mass is 32.2. The molecule has 0 unspecified atom stereocenters. The summed E-state index contributed by atoms with van der Waals surface area (Å²) < 4.78 is 34.3. The number of carbonyl (C=O) groups is 2. The van der Waals surface area contributed by atoms with Crippen LogP contribution in [0.2, 0.25) is 0 Å². The lowest BCUT2D eigenvalue weighted by Crippen LogP contribution is -2.40. The van der Waals surface area contributed by atoms with Crippen LogP contribution in [-0.4, -0.2) is 56.9 Å². The molecular weight excluding hydrogens is 332 g/mol. The highest BCUT2D eigenvalue weighted by Crippen LogP contribution is 2.26. The maximum absolute atomic E-state index is 12.6. The average Bonchev–Trinajstić information content (AvgIpc) is 2.53. The molecule has 0 heterocycles. The molecule has 0 fully saturated rings. The highest BCUT2D eigenvalue weighted by molar-refractivity contribution is 7.89. The number of methoxy groups -OCH3 is 2. The van der Waals surface area contributed by atoms with E-state index in [9.17, 15) is 28.1 Å². The lowest BCUT2D eigenvalue weighted by Gasteiger charge is -2.19. The summed E-state index contributed by atoms with van der Waals surface area (Å²) in [6, 6.07) is 4.59. The lowest BCUT2D eigenvalue weighted by molar-refractivity contribution is -0.387. The van der Waals surface area contributed by atoms with E-state index in [1.165, 1.54) is 12.1 Å². The SMILES string of the molecule is COC(=O)CN(CC(=O)OC)S(=O)(=O)c1ccccc1[N+](=O)[O-]. The third-order valence-corrected chi connectivity index (χ3v) is 4.59. The maximum Gasteiger partial charge on any atom is 0.321 e. The van der Waals surface area contributed by atoms with Crippen LogP contribution in [0.4, 0.5) is 5.69 Å². The van der Waals surface area contributed by atoms with E-state index >= 15 is 0 Å². The molecule has 0 aliphatic rings. The average molecular weight is 346 g/mol. The van der Waals surface area contributed by atoms with Crippen LogP contribution in [0, 0.1) is 10.1 Å². The van der Waals surface area contributed by atoms with Crippen molar-refractivity contribution in [3.63, 3.8) is 0 Å². The first-order valence-electron chi connectivity index (χ1n) is 6.11. The molecule has 1 aromatic rings. The van der Waals surface area contributed by atoms with E-state index in [-0.39, 0.29) is 0 Å². The van der Waals surface area contributed by atoms with Crippen LogP contribution in [0.5, 0.6) is 0 Å². The molecule has 0 radical (unpaired) electrons. The number of nitro groups is 1. The summed E-state index contributed by atoms with van der Waals surface area (Å²) in [5.41, 5.74) is -0.674. The van der Waals surface area contributed by atoms with Gasteiger partial charge in [-0.1, -0.05) is 12.1 Å². The second-order valence-corrected chi connectivity index (χ2v) is 6.06. The zero-order valence-corrected chi connectivity index (χ0v) is 13.1. The first-order chi connectivity index (χ1) is 10.7. The van der Waals surface area contributed by atoms with Gasteiger partial charge in [0.1, 0.15) is 13.1 Å². The molecule has 11 heteroatoms. The molecule has 0 amide bonds. The number of carbonyl (C=O) groups excluding carboxylic acids is 2. The molecule has 0 saturated heterocycles. The summed E-state index contributed by atoms with van der Waals surface area (Å²) >= 11 is 0. The number of benzene rings is 1. The summed E-state index contributed by atoms with van der Waals surface area (Å²) in [6.07, 6.45) is 0. The standard InChI is InChI=1S/C12H14N2O8S/c1-21-11(15)7-13(8-12(16)22-2)23(19,20)10-6-4-3-5-9(10)14(17)18/h3-6H,7-8H2,1-2H3. The number of para-hydroxylation sites is 1. The van der Waals surface area contributed by atoms with Crippen molar-refractivity contribution in [1.29, 1.82) is 0 Å². The Labute approximate surface area is 131 Å². The first kappa shape index (κ1) is 18.5. The minimum absolute atomic E-state index is 0.451. The van der Waals surface area contributed by atoms with Crippen molar-refractivity contribution in [2.45, 2.75) is 4.90 Å². The van der Waals surface area contributed by atoms with Crippen LogP contribution in [0.15, 0.2) is 29.2 Å². The van der Waals surface area contributed by atoms with Gasteiger partial charge < -0.3 is 9.47 Å². The van der Waals surface area contributed by atoms with Crippen LogP contribution in [0.1, 0.15) is 0 Å². The van der Waals surface area contributed by atoms with E-state index in [4.69, 9.17) is 0 Å². The van der Waals surface area contributed by atoms with Crippen molar-refractivity contribution in [2.24, 2.45) is 0 Å². The van der Waals surface area contributed by atoms with Gasteiger partial charge in [0, 0.05) is 6.07 Å². The molecule has 0 saturated carbocycles. The van der Waals surface area contributed by atoms with Gasteiger partial charge in [0.25, 0.3) is 15.7 Å². The summed E-state index contributed by atoms with van der Waals surface area (Å²) in [6.45, 7) is -1.58. The minimum atomic E-state index is -4.50. The minimum Gasteiger partial charge on any atom is -0.468 e. The summed E-state index contributed by atoms with van der Waals surface area (Å²) in [4.78, 5) is 32.2. The van der Waals surface area contributed by atoms with E-state index in [2.05, 4.69) is 9.47 Å². The maximum atomic E-state index is 12.6. The fraction of sp³-hybridized carbons (Fsp3) is 0.333. The van der Waals surface area contributed by atoms with E-state index in [1.54, 1.807) is 0 Å². The summed E-state index contributed by atoms with van der Waals surface area (Å²) in [5, 5.41) is 11.0. The fourth-order valence-corrected chi connectivity index (χ4v) is 3.09. The highest BCUT2D eigenvalue weighted by Gasteiger charge is 2.34. The third kappa shape index (κ3) is 4.47. The molecule has 1 rings (SSSR count). The molecule has 0 spiro atoms. The number of esters is 2. The molecule has 0 bridgehead atoms. The third-order valence-electron chi connectivity index (χ3n) is 2.75.